The third-order valence-electron chi connectivity index (χ3n) is 6.85. The SMILES string of the molecule is Cc1cc(F)ccc1Nc1ncc2c(n1)CN(C(=O)NC1CN(C)C[C@H]1c1ccc(Cl)c(F)c1)CC2. The Balaban J connectivity index is 1.28. The van der Waals surface area contributed by atoms with E-state index in [0.29, 0.717) is 38.5 Å². The number of rotatable bonds is 4. The Morgan fingerprint density at radius 2 is 2.00 bits per heavy atom. The highest BCUT2D eigenvalue weighted by Gasteiger charge is 2.35. The van der Waals surface area contributed by atoms with Crippen LogP contribution in [0.3, 0.4) is 0 Å². The van der Waals surface area contributed by atoms with Gasteiger partial charge in [-0.25, -0.2) is 23.5 Å². The lowest BCUT2D eigenvalue weighted by atomic mass is 9.94. The molecular formula is C26H27ClF2N6O. The minimum absolute atomic E-state index is 0.0418. The molecular weight excluding hydrogens is 486 g/mol. The summed E-state index contributed by atoms with van der Waals surface area (Å²) >= 11 is 5.86. The van der Waals surface area contributed by atoms with E-state index in [1.54, 1.807) is 23.2 Å². The van der Waals surface area contributed by atoms with Gasteiger partial charge < -0.3 is 20.4 Å². The van der Waals surface area contributed by atoms with E-state index in [-0.39, 0.29) is 28.8 Å². The number of fused-ring (bicyclic) bond motifs is 1. The fraction of sp³-hybridized carbons (Fsp3) is 0.346. The van der Waals surface area contributed by atoms with Crippen LogP contribution in [0.2, 0.25) is 5.02 Å². The number of halogens is 3. The summed E-state index contributed by atoms with van der Waals surface area (Å²) in [4.78, 5) is 26.1. The number of likely N-dealkylation sites (N-methyl/N-ethyl adjacent to an activating group) is 1. The van der Waals surface area contributed by atoms with Crippen LogP contribution < -0.4 is 10.6 Å². The van der Waals surface area contributed by atoms with Crippen LogP contribution in [0, 0.1) is 18.6 Å². The summed E-state index contributed by atoms with van der Waals surface area (Å²) < 4.78 is 27.5. The highest BCUT2D eigenvalue weighted by atomic mass is 35.5. The first-order chi connectivity index (χ1) is 17.3. The normalized spacial score (nSPS) is 19.8. The molecule has 2 atom stereocenters. The predicted molar refractivity (Wildman–Crippen MR) is 135 cm³/mol. The van der Waals surface area contributed by atoms with Crippen LogP contribution >= 0.6 is 11.6 Å². The Kier molecular flexibility index (Phi) is 6.77. The van der Waals surface area contributed by atoms with Crippen LogP contribution in [0.15, 0.2) is 42.6 Å². The quantitative estimate of drug-likeness (QED) is 0.533. The molecule has 1 saturated heterocycles. The Hall–Kier alpha value is -3.30. The molecule has 2 amide bonds. The highest BCUT2D eigenvalue weighted by molar-refractivity contribution is 6.30. The Bertz CT molecular complexity index is 1310. The van der Waals surface area contributed by atoms with Gasteiger partial charge in [0.2, 0.25) is 5.95 Å². The van der Waals surface area contributed by atoms with E-state index < -0.39 is 5.82 Å². The van der Waals surface area contributed by atoms with Gasteiger partial charge in [-0.15, -0.1) is 0 Å². The second kappa shape index (κ2) is 9.99. The zero-order valence-electron chi connectivity index (χ0n) is 20.1. The fourth-order valence-electron chi connectivity index (χ4n) is 4.90. The van der Waals surface area contributed by atoms with E-state index >= 15 is 0 Å². The first-order valence-electron chi connectivity index (χ1n) is 11.8. The minimum Gasteiger partial charge on any atom is -0.333 e. The molecule has 10 heteroatoms. The maximum Gasteiger partial charge on any atom is 0.318 e. The molecule has 7 nitrogen and oxygen atoms in total. The molecule has 0 spiro atoms. The predicted octanol–water partition coefficient (Wildman–Crippen LogP) is 4.63. The van der Waals surface area contributed by atoms with Gasteiger partial charge in [0.15, 0.2) is 0 Å². The van der Waals surface area contributed by atoms with Crippen LogP contribution in [0.1, 0.15) is 28.3 Å². The number of hydrogen-bond donors (Lipinski definition) is 2. The van der Waals surface area contributed by atoms with Gasteiger partial charge in [-0.2, -0.15) is 0 Å². The fourth-order valence-corrected chi connectivity index (χ4v) is 5.02. The van der Waals surface area contributed by atoms with Crippen molar-refractivity contribution in [2.45, 2.75) is 31.8 Å². The summed E-state index contributed by atoms with van der Waals surface area (Å²) in [5.74, 6) is -0.405. The van der Waals surface area contributed by atoms with E-state index in [1.807, 2.05) is 20.0 Å². The van der Waals surface area contributed by atoms with Gasteiger partial charge in [-0.3, -0.25) is 0 Å². The molecule has 0 radical (unpaired) electrons. The van der Waals surface area contributed by atoms with E-state index in [1.165, 1.54) is 18.2 Å². The van der Waals surface area contributed by atoms with Crippen molar-refractivity contribution in [1.29, 1.82) is 0 Å². The van der Waals surface area contributed by atoms with Crippen molar-refractivity contribution in [3.8, 4) is 0 Å². The van der Waals surface area contributed by atoms with Crippen molar-refractivity contribution in [1.82, 2.24) is 25.1 Å². The number of benzene rings is 2. The number of amides is 2. The molecule has 1 fully saturated rings. The summed E-state index contributed by atoms with van der Waals surface area (Å²) in [6.45, 7) is 4.08. The number of nitrogens with one attached hydrogen (secondary N) is 2. The van der Waals surface area contributed by atoms with Crippen molar-refractivity contribution in [2.75, 3.05) is 32.0 Å². The zero-order valence-corrected chi connectivity index (χ0v) is 20.8. The van der Waals surface area contributed by atoms with Gasteiger partial charge in [0.25, 0.3) is 0 Å². The number of urea groups is 1. The first kappa shape index (κ1) is 24.4. The minimum atomic E-state index is -0.457. The number of carbonyl (C=O) groups excluding carboxylic acids is 1. The molecule has 1 aromatic heterocycles. The molecule has 0 bridgehead atoms. The van der Waals surface area contributed by atoms with Crippen LogP contribution in [0.4, 0.5) is 25.2 Å². The maximum absolute atomic E-state index is 14.1. The Morgan fingerprint density at radius 3 is 2.78 bits per heavy atom. The number of anilines is 2. The molecule has 3 heterocycles. The second-order valence-corrected chi connectivity index (χ2v) is 9.89. The van der Waals surface area contributed by atoms with Crippen molar-refractivity contribution >= 4 is 29.3 Å². The van der Waals surface area contributed by atoms with Crippen molar-refractivity contribution in [3.63, 3.8) is 0 Å². The van der Waals surface area contributed by atoms with Crippen molar-refractivity contribution < 1.29 is 13.6 Å². The van der Waals surface area contributed by atoms with E-state index in [9.17, 15) is 13.6 Å². The maximum atomic E-state index is 14.1. The summed E-state index contributed by atoms with van der Waals surface area (Å²) in [5, 5.41) is 6.38. The number of hydrogen-bond acceptors (Lipinski definition) is 5. The molecule has 3 aromatic rings. The van der Waals surface area contributed by atoms with Crippen LogP contribution in [0.25, 0.3) is 0 Å². The van der Waals surface area contributed by atoms with Crippen LogP contribution in [0.5, 0.6) is 0 Å². The average molecular weight is 513 g/mol. The third kappa shape index (κ3) is 5.12. The van der Waals surface area contributed by atoms with Crippen molar-refractivity contribution in [2.24, 2.45) is 0 Å². The molecule has 5 rings (SSSR count). The Labute approximate surface area is 213 Å². The van der Waals surface area contributed by atoms with E-state index in [4.69, 9.17) is 11.6 Å². The van der Waals surface area contributed by atoms with Gasteiger partial charge >= 0.3 is 6.03 Å². The van der Waals surface area contributed by atoms with Crippen molar-refractivity contribution in [3.05, 3.63) is 81.6 Å². The van der Waals surface area contributed by atoms with E-state index in [2.05, 4.69) is 25.5 Å². The lowest BCUT2D eigenvalue weighted by Crippen LogP contribution is -2.48. The number of carbonyl (C=O) groups is 1. The van der Waals surface area contributed by atoms with Crippen LogP contribution in [-0.2, 0) is 13.0 Å². The monoisotopic (exact) mass is 512 g/mol. The topological polar surface area (TPSA) is 73.4 Å². The number of aromatic nitrogens is 2. The number of likely N-dealkylation sites (tertiary alicyclic amines) is 1. The molecule has 2 aliphatic rings. The molecule has 2 N–H and O–H groups in total. The molecule has 0 aliphatic carbocycles. The molecule has 1 unspecified atom stereocenters. The summed E-state index contributed by atoms with van der Waals surface area (Å²) in [7, 11) is 1.98. The first-order valence-corrected chi connectivity index (χ1v) is 12.2. The van der Waals surface area contributed by atoms with Gasteiger partial charge in [0, 0.05) is 37.4 Å². The summed E-state index contributed by atoms with van der Waals surface area (Å²) in [6, 6.07) is 8.97. The Morgan fingerprint density at radius 1 is 1.17 bits per heavy atom. The van der Waals surface area contributed by atoms with Gasteiger partial charge in [-0.05, 0) is 67.4 Å². The molecule has 36 heavy (non-hydrogen) atoms. The molecule has 2 aromatic carbocycles. The number of nitrogens with zero attached hydrogens (tertiary/aromatic N) is 4. The van der Waals surface area contributed by atoms with Gasteiger partial charge in [-0.1, -0.05) is 17.7 Å². The van der Waals surface area contributed by atoms with Gasteiger partial charge in [0.1, 0.15) is 11.6 Å². The average Bonchev–Trinajstić information content (AvgIpc) is 3.22. The molecule has 188 valence electrons. The lowest BCUT2D eigenvalue weighted by Gasteiger charge is -2.30. The largest absolute Gasteiger partial charge is 0.333 e. The van der Waals surface area contributed by atoms with E-state index in [0.717, 1.165) is 28.1 Å². The highest BCUT2D eigenvalue weighted by Crippen LogP contribution is 2.30. The molecule has 2 aliphatic heterocycles. The number of aryl methyl sites for hydroxylation is 1. The summed E-state index contributed by atoms with van der Waals surface area (Å²) in [5.41, 5.74) is 4.05. The summed E-state index contributed by atoms with van der Waals surface area (Å²) in [6.07, 6.45) is 2.42. The third-order valence-corrected chi connectivity index (χ3v) is 7.16. The smallest absolute Gasteiger partial charge is 0.318 e. The second-order valence-electron chi connectivity index (χ2n) is 9.48. The molecule has 0 saturated carbocycles. The zero-order chi connectivity index (χ0) is 25.4. The van der Waals surface area contributed by atoms with Gasteiger partial charge in [0.05, 0.1) is 23.3 Å². The van der Waals surface area contributed by atoms with Crippen LogP contribution in [-0.4, -0.2) is 58.5 Å². The standard InChI is InChI=1S/C26H27ClF2N6O/c1-15-9-18(28)4-6-22(15)31-25-30-11-17-7-8-35(14-23(17)32-25)26(36)33-24-13-34(2)12-19(24)16-3-5-20(27)21(29)10-16/h3-6,9-11,19,24H,7-8,12-14H2,1-2H3,(H,33,36)(H,30,31,32)/t19-,24?/m0/s1. The lowest BCUT2D eigenvalue weighted by molar-refractivity contribution is 0.186.